The number of nitrogens with zero attached hydrogens (tertiary/aromatic N) is 1. The molecule has 3 fully saturated rings. The summed E-state index contributed by atoms with van der Waals surface area (Å²) >= 11 is 0. The zero-order valence-corrected chi connectivity index (χ0v) is 15.2. The summed E-state index contributed by atoms with van der Waals surface area (Å²) in [7, 11) is 1.48. The van der Waals surface area contributed by atoms with Crippen LogP contribution in [0.3, 0.4) is 0 Å². The number of nitrogens with one attached hydrogen (secondary N) is 1. The maximum absolute atomic E-state index is 12.9. The third kappa shape index (κ3) is 1.19. The van der Waals surface area contributed by atoms with E-state index in [1.807, 2.05) is 12.1 Å². The largest absolute Gasteiger partial charge is 0.469 e. The molecule has 0 amide bonds. The molecule has 1 aromatic carbocycles. The molecule has 5 nitrogen and oxygen atoms in total. The second-order valence-electron chi connectivity index (χ2n) is 8.90. The number of hydrogen-bond acceptors (Lipinski definition) is 4. The second-order valence-corrected chi connectivity index (χ2v) is 8.90. The first-order chi connectivity index (χ1) is 12.6. The summed E-state index contributed by atoms with van der Waals surface area (Å²) in [6, 6.07) is 8.67. The molecule has 6 rings (SSSR count). The molecule has 5 heteroatoms. The van der Waals surface area contributed by atoms with E-state index in [0.717, 1.165) is 31.6 Å². The monoisotopic (exact) mass is 353 g/mol. The number of benzene rings is 1. The summed E-state index contributed by atoms with van der Waals surface area (Å²) in [6.07, 6.45) is 6.44. The molecule has 26 heavy (non-hydrogen) atoms. The van der Waals surface area contributed by atoms with Gasteiger partial charge in [0.1, 0.15) is 5.92 Å². The van der Waals surface area contributed by atoms with E-state index in [2.05, 4.69) is 36.1 Å². The SMILES string of the molecule is COC(=O)[C@@H]1C[C@@]23C=CCN4CC[C@@]5(c6ccccc6[NH+](O)[C@]15[C@H]2C)[C@@H]43. The lowest BCUT2D eigenvalue weighted by atomic mass is 9.57. The summed E-state index contributed by atoms with van der Waals surface area (Å²) in [5.74, 6) is -0.243. The number of fused-ring (bicyclic) bond motifs is 1. The Balaban J connectivity index is 1.73. The predicted octanol–water partition coefficient (Wildman–Crippen LogP) is 1.06. The number of ether oxygens (including phenoxy) is 1. The van der Waals surface area contributed by atoms with Crippen LogP contribution in [0.5, 0.6) is 0 Å². The molecular formula is C21H25N2O3+. The van der Waals surface area contributed by atoms with Gasteiger partial charge in [0.15, 0.2) is 11.2 Å². The number of methoxy groups -OCH3 is 1. The highest BCUT2D eigenvalue weighted by molar-refractivity contribution is 5.78. The molecule has 3 heterocycles. The van der Waals surface area contributed by atoms with Crippen molar-refractivity contribution in [1.82, 2.24) is 4.90 Å². The third-order valence-corrected chi connectivity index (χ3v) is 8.78. The molecule has 136 valence electrons. The average Bonchev–Trinajstić information content (AvgIpc) is 3.31. The van der Waals surface area contributed by atoms with Gasteiger partial charge in [0.25, 0.3) is 0 Å². The van der Waals surface area contributed by atoms with Crippen LogP contribution < -0.4 is 5.06 Å². The summed E-state index contributed by atoms with van der Waals surface area (Å²) in [5, 5.41) is 12.1. The van der Waals surface area contributed by atoms with Crippen molar-refractivity contribution in [3.63, 3.8) is 0 Å². The molecule has 0 radical (unpaired) electrons. The van der Waals surface area contributed by atoms with Gasteiger partial charge in [0.05, 0.1) is 12.5 Å². The van der Waals surface area contributed by atoms with Gasteiger partial charge >= 0.3 is 5.97 Å². The summed E-state index contributed by atoms with van der Waals surface area (Å²) in [6.45, 7) is 4.27. The van der Waals surface area contributed by atoms with Crippen molar-refractivity contribution in [3.05, 3.63) is 42.0 Å². The van der Waals surface area contributed by atoms with Gasteiger partial charge in [-0.15, -0.1) is 0 Å². The van der Waals surface area contributed by atoms with Gasteiger partial charge in [-0.3, -0.25) is 9.69 Å². The van der Waals surface area contributed by atoms with Crippen LogP contribution in [0.4, 0.5) is 5.69 Å². The molecular weight excluding hydrogens is 328 g/mol. The van der Waals surface area contributed by atoms with E-state index in [4.69, 9.17) is 4.74 Å². The first kappa shape index (κ1) is 15.4. The zero-order chi connectivity index (χ0) is 17.9. The van der Waals surface area contributed by atoms with E-state index < -0.39 is 5.54 Å². The normalized spacial score (nSPS) is 49.8. The Morgan fingerprint density at radius 1 is 1.38 bits per heavy atom. The minimum absolute atomic E-state index is 0.0604. The Morgan fingerprint density at radius 2 is 2.19 bits per heavy atom. The molecule has 3 aliphatic heterocycles. The molecule has 0 aromatic heterocycles. The molecule has 1 saturated heterocycles. The van der Waals surface area contributed by atoms with Crippen LogP contribution in [0.1, 0.15) is 25.3 Å². The van der Waals surface area contributed by atoms with Crippen LogP contribution in [0.15, 0.2) is 36.4 Å². The highest BCUT2D eigenvalue weighted by atomic mass is 16.5. The van der Waals surface area contributed by atoms with Gasteiger partial charge in [-0.05, 0) is 19.4 Å². The van der Waals surface area contributed by atoms with Gasteiger partial charge in [-0.1, -0.05) is 37.3 Å². The van der Waals surface area contributed by atoms with E-state index >= 15 is 0 Å². The molecule has 1 unspecified atom stereocenters. The number of esters is 1. The smallest absolute Gasteiger partial charge is 0.315 e. The fourth-order valence-corrected chi connectivity index (χ4v) is 8.30. The number of carbonyl (C=O) groups is 1. The first-order valence-corrected chi connectivity index (χ1v) is 9.71. The third-order valence-electron chi connectivity index (χ3n) is 8.78. The predicted molar refractivity (Wildman–Crippen MR) is 94.1 cm³/mol. The minimum Gasteiger partial charge on any atom is -0.469 e. The highest BCUT2D eigenvalue weighted by Gasteiger charge is 2.91. The standard InChI is InChI=1S/C21H24N2O3/c1-13-19-8-5-10-22-11-9-20(18(19)22)14-6-3-4-7-16(14)23(25)21(13,20)15(12-19)17(24)26-2/h3-8,13,15,18,25H,9-12H2,1-2H3/p+1/t13-,15-,18-,19-,20+,21+/m0/s1. The van der Waals surface area contributed by atoms with Gasteiger partial charge in [-0.25, -0.2) is 5.21 Å². The molecule has 2 saturated carbocycles. The lowest BCUT2D eigenvalue weighted by Crippen LogP contribution is -3.16. The van der Waals surface area contributed by atoms with E-state index in [-0.39, 0.29) is 28.6 Å². The van der Waals surface area contributed by atoms with E-state index in [9.17, 15) is 10.0 Å². The Bertz CT molecular complexity index is 869. The van der Waals surface area contributed by atoms with Crippen LogP contribution in [0, 0.1) is 17.3 Å². The zero-order valence-electron chi connectivity index (χ0n) is 15.2. The Hall–Kier alpha value is -1.69. The Kier molecular flexibility index (Phi) is 2.61. The maximum Gasteiger partial charge on any atom is 0.315 e. The van der Waals surface area contributed by atoms with Crippen LogP contribution in [-0.2, 0) is 14.9 Å². The van der Waals surface area contributed by atoms with E-state index in [1.165, 1.54) is 12.7 Å². The van der Waals surface area contributed by atoms with Crippen LogP contribution >= 0.6 is 0 Å². The fourth-order valence-electron chi connectivity index (χ4n) is 8.30. The van der Waals surface area contributed by atoms with Gasteiger partial charge in [0.2, 0.25) is 0 Å². The maximum atomic E-state index is 12.9. The van der Waals surface area contributed by atoms with Crippen molar-refractivity contribution < 1.29 is 19.8 Å². The quantitative estimate of drug-likeness (QED) is 0.586. The van der Waals surface area contributed by atoms with Crippen LogP contribution in [-0.4, -0.2) is 47.9 Å². The number of rotatable bonds is 1. The topological polar surface area (TPSA) is 54.2 Å². The molecule has 2 aliphatic carbocycles. The van der Waals surface area contributed by atoms with Crippen molar-refractivity contribution in [2.45, 2.75) is 36.8 Å². The van der Waals surface area contributed by atoms with E-state index in [1.54, 1.807) is 0 Å². The molecule has 7 atom stereocenters. The fraction of sp³-hybridized carbons (Fsp3) is 0.571. The number of hydrogen-bond donors (Lipinski definition) is 2. The lowest BCUT2D eigenvalue weighted by Gasteiger charge is -2.49. The molecule has 3 spiro atoms. The van der Waals surface area contributed by atoms with Crippen molar-refractivity contribution in [2.24, 2.45) is 17.3 Å². The molecule has 5 aliphatic rings. The number of hydroxylamine groups is 1. The Morgan fingerprint density at radius 3 is 3.00 bits per heavy atom. The van der Waals surface area contributed by atoms with Crippen molar-refractivity contribution in [1.29, 1.82) is 0 Å². The molecule has 2 bridgehead atoms. The van der Waals surface area contributed by atoms with Crippen molar-refractivity contribution >= 4 is 11.7 Å². The second kappa shape index (κ2) is 4.41. The molecule has 1 aromatic rings. The molecule has 2 N–H and O–H groups in total. The summed E-state index contributed by atoms with van der Waals surface area (Å²) in [4.78, 5) is 15.5. The number of quaternary nitrogens is 1. The van der Waals surface area contributed by atoms with Crippen LogP contribution in [0.2, 0.25) is 0 Å². The minimum atomic E-state index is -0.544. The summed E-state index contributed by atoms with van der Waals surface area (Å²) in [5.41, 5.74) is 1.42. The van der Waals surface area contributed by atoms with Crippen LogP contribution in [0.25, 0.3) is 0 Å². The Labute approximate surface area is 153 Å². The number of para-hydroxylation sites is 1. The number of carbonyl (C=O) groups excluding carboxylic acids is 1. The summed E-state index contributed by atoms with van der Waals surface area (Å²) < 4.78 is 5.26. The van der Waals surface area contributed by atoms with Gasteiger partial charge in [-0.2, -0.15) is 5.06 Å². The highest BCUT2D eigenvalue weighted by Crippen LogP contribution is 2.76. The first-order valence-electron chi connectivity index (χ1n) is 9.71. The van der Waals surface area contributed by atoms with Gasteiger partial charge < -0.3 is 4.74 Å². The van der Waals surface area contributed by atoms with Crippen molar-refractivity contribution in [2.75, 3.05) is 20.2 Å². The van der Waals surface area contributed by atoms with Gasteiger partial charge in [0, 0.05) is 35.5 Å². The lowest BCUT2D eigenvalue weighted by molar-refractivity contribution is -1.08. The average molecular weight is 353 g/mol. The van der Waals surface area contributed by atoms with Crippen molar-refractivity contribution in [3.8, 4) is 0 Å². The van der Waals surface area contributed by atoms with E-state index in [0.29, 0.717) is 11.1 Å².